The Morgan fingerprint density at radius 3 is 2.42 bits per heavy atom. The third-order valence-corrected chi connectivity index (χ3v) is 3.61. The van der Waals surface area contributed by atoms with Crippen LogP contribution < -0.4 is 5.32 Å². The van der Waals surface area contributed by atoms with Crippen LogP contribution in [-0.2, 0) is 0 Å². The van der Waals surface area contributed by atoms with Gasteiger partial charge < -0.3 is 5.32 Å². The number of nitrogens with one attached hydrogen (secondary N) is 1. The molecule has 3 aromatic heterocycles. The number of nitrogens with zero attached hydrogens (tertiary/aromatic N) is 5. The number of rotatable bonds is 3. The molecule has 0 radical (unpaired) electrons. The molecule has 3 heterocycles. The maximum Gasteiger partial charge on any atom is 0.272 e. The Hall–Kier alpha value is -3.09. The van der Waals surface area contributed by atoms with E-state index in [2.05, 4.69) is 25.6 Å². The summed E-state index contributed by atoms with van der Waals surface area (Å²) in [6.07, 6.45) is 1.78. The van der Waals surface area contributed by atoms with Gasteiger partial charge in [0, 0.05) is 11.7 Å². The van der Waals surface area contributed by atoms with E-state index < -0.39 is 0 Å². The maximum absolute atomic E-state index is 12.6. The minimum absolute atomic E-state index is 0.246. The minimum atomic E-state index is -0.354. The van der Waals surface area contributed by atoms with Crippen LogP contribution in [0.15, 0.2) is 36.5 Å². The van der Waals surface area contributed by atoms with Crippen molar-refractivity contribution in [2.45, 2.75) is 40.2 Å². The van der Waals surface area contributed by atoms with Gasteiger partial charge in [0.1, 0.15) is 0 Å². The van der Waals surface area contributed by atoms with Crippen molar-refractivity contribution in [1.29, 1.82) is 0 Å². The fraction of sp³-hybridized carbons (Fsp3) is 0.316. The summed E-state index contributed by atoms with van der Waals surface area (Å²) in [5.74, 6) is 0.285. The monoisotopic (exact) mass is 350 g/mol. The third kappa shape index (κ3) is 3.93. The maximum atomic E-state index is 12.6. The predicted molar refractivity (Wildman–Crippen MR) is 99.1 cm³/mol. The highest BCUT2D eigenvalue weighted by Gasteiger charge is 2.21. The molecule has 7 nitrogen and oxygen atoms in total. The van der Waals surface area contributed by atoms with Crippen molar-refractivity contribution in [2.75, 3.05) is 0 Å². The molecule has 0 atom stereocenters. The largest absolute Gasteiger partial charge is 0.346 e. The van der Waals surface area contributed by atoms with E-state index in [9.17, 15) is 4.79 Å². The summed E-state index contributed by atoms with van der Waals surface area (Å²) in [7, 11) is 0. The molecule has 26 heavy (non-hydrogen) atoms. The summed E-state index contributed by atoms with van der Waals surface area (Å²) >= 11 is 0. The molecule has 0 aliphatic carbocycles. The first-order chi connectivity index (χ1) is 12.2. The molecule has 1 amide bonds. The molecular weight excluding hydrogens is 328 g/mol. The molecule has 0 saturated heterocycles. The van der Waals surface area contributed by atoms with E-state index in [0.29, 0.717) is 22.9 Å². The Balaban J connectivity index is 2.09. The summed E-state index contributed by atoms with van der Waals surface area (Å²) in [6.45, 7) is 9.62. The summed E-state index contributed by atoms with van der Waals surface area (Å²) in [5, 5.41) is 15.7. The quantitative estimate of drug-likeness (QED) is 0.785. The zero-order chi connectivity index (χ0) is 18.9. The van der Waals surface area contributed by atoms with Gasteiger partial charge in [-0.1, -0.05) is 6.07 Å². The van der Waals surface area contributed by atoms with E-state index in [-0.39, 0.29) is 11.4 Å². The van der Waals surface area contributed by atoms with Gasteiger partial charge in [0.2, 0.25) is 0 Å². The number of carbonyl (C=O) groups excluding carboxylic acids is 1. The van der Waals surface area contributed by atoms with Gasteiger partial charge in [0.05, 0.1) is 17.1 Å². The second-order valence-electron chi connectivity index (χ2n) is 7.28. The first-order valence-electron chi connectivity index (χ1n) is 8.39. The number of aryl methyl sites for hydroxylation is 2. The molecule has 0 unspecified atom stereocenters. The van der Waals surface area contributed by atoms with Crippen LogP contribution in [0.2, 0.25) is 0 Å². The smallest absolute Gasteiger partial charge is 0.272 e. The van der Waals surface area contributed by atoms with Crippen molar-refractivity contribution in [3.63, 3.8) is 0 Å². The van der Waals surface area contributed by atoms with Crippen molar-refractivity contribution in [3.05, 3.63) is 53.5 Å². The fourth-order valence-corrected chi connectivity index (χ4v) is 2.38. The van der Waals surface area contributed by atoms with Gasteiger partial charge >= 0.3 is 0 Å². The summed E-state index contributed by atoms with van der Waals surface area (Å²) < 4.78 is 1.60. The minimum Gasteiger partial charge on any atom is -0.346 e. The highest BCUT2D eigenvalue weighted by atomic mass is 16.2. The Bertz CT molecular complexity index is 857. The number of aromatic nitrogens is 5. The van der Waals surface area contributed by atoms with Crippen LogP contribution in [0, 0.1) is 13.8 Å². The lowest BCUT2D eigenvalue weighted by atomic mass is 10.1. The van der Waals surface area contributed by atoms with E-state index >= 15 is 0 Å². The zero-order valence-corrected chi connectivity index (χ0v) is 15.6. The Labute approximate surface area is 152 Å². The number of pyridine rings is 1. The van der Waals surface area contributed by atoms with Crippen molar-refractivity contribution in [2.24, 2.45) is 0 Å². The van der Waals surface area contributed by atoms with Gasteiger partial charge in [-0.3, -0.25) is 9.78 Å². The lowest BCUT2D eigenvalue weighted by Gasteiger charge is -2.19. The molecule has 3 rings (SSSR count). The molecule has 0 spiro atoms. The van der Waals surface area contributed by atoms with Crippen molar-refractivity contribution in [3.8, 4) is 17.2 Å². The molecule has 0 bridgehead atoms. The molecule has 134 valence electrons. The SMILES string of the molecule is Cc1ccc(-c2cc(C(=O)NC(C)(C)C)nn2-c2ccc(C)nn2)nc1. The van der Waals surface area contributed by atoms with E-state index in [4.69, 9.17) is 0 Å². The predicted octanol–water partition coefficient (Wildman–Crippen LogP) is 2.87. The van der Waals surface area contributed by atoms with Gasteiger partial charge in [-0.05, 0) is 64.4 Å². The summed E-state index contributed by atoms with van der Waals surface area (Å²) in [5.41, 5.74) is 3.21. The molecular formula is C19H22N6O. The van der Waals surface area contributed by atoms with Crippen molar-refractivity contribution in [1.82, 2.24) is 30.3 Å². The number of amides is 1. The van der Waals surface area contributed by atoms with Crippen LogP contribution in [0.1, 0.15) is 42.5 Å². The van der Waals surface area contributed by atoms with Gasteiger partial charge in [-0.15, -0.1) is 5.10 Å². The van der Waals surface area contributed by atoms with E-state index in [1.165, 1.54) is 0 Å². The first kappa shape index (κ1) is 17.7. The average molecular weight is 350 g/mol. The summed E-state index contributed by atoms with van der Waals surface area (Å²) in [6, 6.07) is 9.26. The number of carbonyl (C=O) groups is 1. The Morgan fingerprint density at radius 1 is 1.08 bits per heavy atom. The molecule has 0 aromatic carbocycles. The van der Waals surface area contributed by atoms with E-state index in [0.717, 1.165) is 11.3 Å². The van der Waals surface area contributed by atoms with Crippen LogP contribution >= 0.6 is 0 Å². The topological polar surface area (TPSA) is 85.6 Å². The average Bonchev–Trinajstić information content (AvgIpc) is 3.00. The van der Waals surface area contributed by atoms with Crippen LogP contribution in [-0.4, -0.2) is 36.4 Å². The fourth-order valence-electron chi connectivity index (χ4n) is 2.38. The normalized spacial score (nSPS) is 11.4. The number of hydrogen-bond acceptors (Lipinski definition) is 5. The zero-order valence-electron chi connectivity index (χ0n) is 15.6. The van der Waals surface area contributed by atoms with Crippen molar-refractivity contribution < 1.29 is 4.79 Å². The van der Waals surface area contributed by atoms with Crippen LogP contribution in [0.4, 0.5) is 0 Å². The Kier molecular flexibility index (Phi) is 4.54. The first-order valence-corrected chi connectivity index (χ1v) is 8.39. The van der Waals surface area contributed by atoms with Gasteiger partial charge in [-0.25, -0.2) is 4.68 Å². The molecule has 0 saturated carbocycles. The molecule has 0 aliphatic heterocycles. The van der Waals surface area contributed by atoms with Crippen LogP contribution in [0.25, 0.3) is 17.2 Å². The third-order valence-electron chi connectivity index (χ3n) is 3.61. The van der Waals surface area contributed by atoms with Crippen molar-refractivity contribution >= 4 is 5.91 Å². The highest BCUT2D eigenvalue weighted by molar-refractivity contribution is 5.93. The molecule has 0 aliphatic rings. The summed E-state index contributed by atoms with van der Waals surface area (Å²) in [4.78, 5) is 17.0. The second kappa shape index (κ2) is 6.67. The molecule has 0 fully saturated rings. The lowest BCUT2D eigenvalue weighted by Crippen LogP contribution is -2.40. The molecule has 3 aromatic rings. The number of hydrogen-bond donors (Lipinski definition) is 1. The van der Waals surface area contributed by atoms with Gasteiger partial charge in [-0.2, -0.15) is 10.2 Å². The highest BCUT2D eigenvalue weighted by Crippen LogP contribution is 2.22. The standard InChI is InChI=1S/C19H22N6O/c1-12-6-8-14(20-11-12)16-10-15(18(26)21-19(3,4)5)24-25(16)17-9-7-13(2)22-23-17/h6-11H,1-5H3,(H,21,26). The van der Waals surface area contributed by atoms with Crippen LogP contribution in [0.5, 0.6) is 0 Å². The molecule has 1 N–H and O–H groups in total. The van der Waals surface area contributed by atoms with E-state index in [1.807, 2.05) is 58.9 Å². The van der Waals surface area contributed by atoms with Crippen LogP contribution in [0.3, 0.4) is 0 Å². The van der Waals surface area contributed by atoms with E-state index in [1.54, 1.807) is 16.9 Å². The van der Waals surface area contributed by atoms with Gasteiger partial charge in [0.15, 0.2) is 11.5 Å². The van der Waals surface area contributed by atoms with Gasteiger partial charge in [0.25, 0.3) is 5.91 Å². The second-order valence-corrected chi connectivity index (χ2v) is 7.28. The molecule has 7 heteroatoms. The Morgan fingerprint density at radius 2 is 1.85 bits per heavy atom. The lowest BCUT2D eigenvalue weighted by molar-refractivity contribution is 0.0914.